The van der Waals surface area contributed by atoms with E-state index in [1.165, 1.54) is 5.56 Å². The summed E-state index contributed by atoms with van der Waals surface area (Å²) in [6, 6.07) is 17.7. The average molecular weight is 336 g/mol. The molecular weight excluding hydrogens is 312 g/mol. The highest BCUT2D eigenvalue weighted by Crippen LogP contribution is 2.18. The van der Waals surface area contributed by atoms with Gasteiger partial charge in [-0.05, 0) is 31.0 Å². The highest BCUT2D eigenvalue weighted by Gasteiger charge is 2.29. The van der Waals surface area contributed by atoms with Crippen LogP contribution in [0.4, 0.5) is 0 Å². The molecule has 1 N–H and O–H groups in total. The first-order valence-corrected chi connectivity index (χ1v) is 8.78. The van der Waals surface area contributed by atoms with Crippen LogP contribution in [0.1, 0.15) is 27.9 Å². The number of carbonyl (C=O) groups is 2. The van der Waals surface area contributed by atoms with Crippen molar-refractivity contribution in [3.63, 3.8) is 0 Å². The van der Waals surface area contributed by atoms with Gasteiger partial charge < -0.3 is 10.2 Å². The largest absolute Gasteiger partial charge is 0.352 e. The van der Waals surface area contributed by atoms with E-state index in [0.717, 1.165) is 25.1 Å². The standard InChI is InChI=1S/C21H24N2O2/c1-16-6-5-9-19(12-16)21(25)22-14-18-13-20(24)23(15-18)11-10-17-7-3-2-4-8-17/h2-9,12,18H,10-11,13-15H2,1H3,(H,22,25). The second-order valence-corrected chi connectivity index (χ2v) is 6.73. The Morgan fingerprint density at radius 1 is 1.16 bits per heavy atom. The molecule has 1 saturated heterocycles. The lowest BCUT2D eigenvalue weighted by Gasteiger charge is -2.17. The molecule has 0 saturated carbocycles. The number of nitrogens with one attached hydrogen (secondary N) is 1. The summed E-state index contributed by atoms with van der Waals surface area (Å²) in [5, 5.41) is 2.97. The van der Waals surface area contributed by atoms with Crippen molar-refractivity contribution in [3.8, 4) is 0 Å². The maximum absolute atomic E-state index is 12.2. The van der Waals surface area contributed by atoms with Crippen molar-refractivity contribution < 1.29 is 9.59 Å². The highest BCUT2D eigenvalue weighted by atomic mass is 16.2. The predicted molar refractivity (Wildman–Crippen MR) is 98.3 cm³/mol. The van der Waals surface area contributed by atoms with Gasteiger partial charge >= 0.3 is 0 Å². The van der Waals surface area contributed by atoms with Gasteiger partial charge in [0, 0.05) is 37.5 Å². The van der Waals surface area contributed by atoms with Crippen molar-refractivity contribution >= 4 is 11.8 Å². The molecule has 1 heterocycles. The first-order valence-electron chi connectivity index (χ1n) is 8.78. The Morgan fingerprint density at radius 3 is 2.72 bits per heavy atom. The zero-order chi connectivity index (χ0) is 17.6. The highest BCUT2D eigenvalue weighted by molar-refractivity contribution is 5.94. The first kappa shape index (κ1) is 17.2. The Bertz CT molecular complexity index is 743. The third kappa shape index (κ3) is 4.69. The number of nitrogens with zero attached hydrogens (tertiary/aromatic N) is 1. The molecule has 130 valence electrons. The van der Waals surface area contributed by atoms with Crippen molar-refractivity contribution in [2.45, 2.75) is 19.8 Å². The van der Waals surface area contributed by atoms with Gasteiger partial charge in [0.1, 0.15) is 0 Å². The molecule has 2 amide bonds. The van der Waals surface area contributed by atoms with Crippen molar-refractivity contribution in [1.82, 2.24) is 10.2 Å². The lowest BCUT2D eigenvalue weighted by atomic mass is 10.1. The van der Waals surface area contributed by atoms with Crippen molar-refractivity contribution in [3.05, 3.63) is 71.3 Å². The van der Waals surface area contributed by atoms with Gasteiger partial charge in [-0.3, -0.25) is 9.59 Å². The van der Waals surface area contributed by atoms with E-state index in [0.29, 0.717) is 18.5 Å². The number of rotatable bonds is 6. The molecule has 1 unspecified atom stereocenters. The number of amides is 2. The molecule has 1 aliphatic heterocycles. The minimum atomic E-state index is -0.0705. The van der Waals surface area contributed by atoms with Crippen LogP contribution in [-0.2, 0) is 11.2 Å². The molecular formula is C21H24N2O2. The molecule has 2 aromatic carbocycles. The van der Waals surface area contributed by atoms with Gasteiger partial charge in [0.25, 0.3) is 5.91 Å². The van der Waals surface area contributed by atoms with Gasteiger partial charge in [-0.25, -0.2) is 0 Å². The molecule has 0 aliphatic carbocycles. The molecule has 1 fully saturated rings. The third-order valence-corrected chi connectivity index (χ3v) is 4.64. The summed E-state index contributed by atoms with van der Waals surface area (Å²) in [4.78, 5) is 26.3. The van der Waals surface area contributed by atoms with Gasteiger partial charge in [0.15, 0.2) is 0 Å². The topological polar surface area (TPSA) is 49.4 Å². The number of likely N-dealkylation sites (tertiary alicyclic amines) is 1. The summed E-state index contributed by atoms with van der Waals surface area (Å²) in [7, 11) is 0. The van der Waals surface area contributed by atoms with Gasteiger partial charge in [-0.1, -0.05) is 48.0 Å². The van der Waals surface area contributed by atoms with Gasteiger partial charge in [-0.2, -0.15) is 0 Å². The molecule has 4 heteroatoms. The first-order chi connectivity index (χ1) is 12.1. The van der Waals surface area contributed by atoms with E-state index in [-0.39, 0.29) is 17.7 Å². The van der Waals surface area contributed by atoms with Crippen LogP contribution < -0.4 is 5.32 Å². The van der Waals surface area contributed by atoms with E-state index < -0.39 is 0 Å². The van der Waals surface area contributed by atoms with Crippen LogP contribution in [0.25, 0.3) is 0 Å². The molecule has 0 aromatic heterocycles. The van der Waals surface area contributed by atoms with Crippen LogP contribution in [0.15, 0.2) is 54.6 Å². The van der Waals surface area contributed by atoms with Crippen LogP contribution in [0.5, 0.6) is 0 Å². The van der Waals surface area contributed by atoms with E-state index in [1.807, 2.05) is 54.3 Å². The predicted octanol–water partition coefficient (Wildman–Crippen LogP) is 2.82. The Morgan fingerprint density at radius 2 is 1.96 bits per heavy atom. The fraction of sp³-hybridized carbons (Fsp3) is 0.333. The Kier molecular flexibility index (Phi) is 5.49. The minimum absolute atomic E-state index is 0.0705. The van der Waals surface area contributed by atoms with E-state index >= 15 is 0 Å². The molecule has 0 spiro atoms. The summed E-state index contributed by atoms with van der Waals surface area (Å²) < 4.78 is 0. The Balaban J connectivity index is 1.47. The number of benzene rings is 2. The lowest BCUT2D eigenvalue weighted by molar-refractivity contribution is -0.127. The van der Waals surface area contributed by atoms with Crippen molar-refractivity contribution in [2.24, 2.45) is 5.92 Å². The van der Waals surface area contributed by atoms with Crippen molar-refractivity contribution in [2.75, 3.05) is 19.6 Å². The Labute approximate surface area is 148 Å². The van der Waals surface area contributed by atoms with Crippen LogP contribution >= 0.6 is 0 Å². The fourth-order valence-corrected chi connectivity index (χ4v) is 3.24. The minimum Gasteiger partial charge on any atom is -0.352 e. The molecule has 4 nitrogen and oxygen atoms in total. The summed E-state index contributed by atoms with van der Waals surface area (Å²) in [6.07, 6.45) is 1.39. The van der Waals surface area contributed by atoms with Gasteiger partial charge in [-0.15, -0.1) is 0 Å². The van der Waals surface area contributed by atoms with Gasteiger partial charge in [0.2, 0.25) is 5.91 Å². The normalized spacial score (nSPS) is 16.9. The molecule has 1 aliphatic rings. The van der Waals surface area contributed by atoms with E-state index in [9.17, 15) is 9.59 Å². The average Bonchev–Trinajstić information content (AvgIpc) is 2.98. The second-order valence-electron chi connectivity index (χ2n) is 6.73. The monoisotopic (exact) mass is 336 g/mol. The zero-order valence-electron chi connectivity index (χ0n) is 14.6. The van der Waals surface area contributed by atoms with Crippen molar-refractivity contribution in [1.29, 1.82) is 0 Å². The SMILES string of the molecule is Cc1cccc(C(=O)NCC2CC(=O)N(CCc3ccccc3)C2)c1. The molecule has 3 rings (SSSR count). The van der Waals surface area contributed by atoms with Crippen LogP contribution in [-0.4, -0.2) is 36.3 Å². The number of hydrogen-bond acceptors (Lipinski definition) is 2. The zero-order valence-corrected chi connectivity index (χ0v) is 14.6. The summed E-state index contributed by atoms with van der Waals surface area (Å²) in [6.45, 7) is 3.97. The van der Waals surface area contributed by atoms with Crippen LogP contribution in [0.3, 0.4) is 0 Å². The maximum atomic E-state index is 12.2. The Hall–Kier alpha value is -2.62. The van der Waals surface area contributed by atoms with Gasteiger partial charge in [0.05, 0.1) is 0 Å². The molecule has 0 radical (unpaired) electrons. The second kappa shape index (κ2) is 7.97. The fourth-order valence-electron chi connectivity index (χ4n) is 3.24. The maximum Gasteiger partial charge on any atom is 0.251 e. The quantitative estimate of drug-likeness (QED) is 0.882. The molecule has 1 atom stereocenters. The number of aryl methyl sites for hydroxylation is 1. The summed E-state index contributed by atoms with van der Waals surface area (Å²) in [5.74, 6) is 0.307. The summed E-state index contributed by atoms with van der Waals surface area (Å²) in [5.41, 5.74) is 2.98. The van der Waals surface area contributed by atoms with Crippen LogP contribution in [0.2, 0.25) is 0 Å². The number of carbonyl (C=O) groups excluding carboxylic acids is 2. The van der Waals surface area contributed by atoms with E-state index in [2.05, 4.69) is 17.4 Å². The van der Waals surface area contributed by atoms with Crippen LogP contribution in [0, 0.1) is 12.8 Å². The lowest BCUT2D eigenvalue weighted by Crippen LogP contribution is -2.32. The van der Waals surface area contributed by atoms with E-state index in [1.54, 1.807) is 0 Å². The summed E-state index contributed by atoms with van der Waals surface area (Å²) >= 11 is 0. The third-order valence-electron chi connectivity index (χ3n) is 4.64. The molecule has 25 heavy (non-hydrogen) atoms. The smallest absolute Gasteiger partial charge is 0.251 e. The molecule has 2 aromatic rings. The van der Waals surface area contributed by atoms with E-state index in [4.69, 9.17) is 0 Å². The molecule has 0 bridgehead atoms. The number of hydrogen-bond donors (Lipinski definition) is 1.